The van der Waals surface area contributed by atoms with Crippen LogP contribution in [0.15, 0.2) is 28.7 Å². The molecule has 0 heterocycles. The van der Waals surface area contributed by atoms with Gasteiger partial charge in [-0.2, -0.15) is 0 Å². The van der Waals surface area contributed by atoms with Gasteiger partial charge in [-0.05, 0) is 42.9 Å². The molecule has 0 N–H and O–H groups in total. The van der Waals surface area contributed by atoms with Crippen molar-refractivity contribution in [3.8, 4) is 0 Å². The minimum Gasteiger partial charge on any atom is -0.303 e. The molecule has 0 saturated heterocycles. The molecule has 1 aromatic rings. The topological polar surface area (TPSA) is 17.1 Å². The van der Waals surface area contributed by atoms with E-state index in [9.17, 15) is 4.79 Å². The van der Waals surface area contributed by atoms with Crippen LogP contribution >= 0.6 is 15.9 Å². The summed E-state index contributed by atoms with van der Waals surface area (Å²) in [6, 6.07) is 8.47. The second kappa shape index (κ2) is 3.18. The molecule has 2 saturated carbocycles. The van der Waals surface area contributed by atoms with Crippen molar-refractivity contribution in [1.29, 1.82) is 0 Å². The minimum absolute atomic E-state index is 0.214. The van der Waals surface area contributed by atoms with E-state index >= 15 is 0 Å². The molecule has 0 aromatic heterocycles. The smallest absolute Gasteiger partial charge is 0.124 e. The van der Waals surface area contributed by atoms with Gasteiger partial charge in [0.05, 0.1) is 0 Å². The van der Waals surface area contributed by atoms with E-state index in [1.807, 2.05) is 6.07 Å². The SMILES string of the molecule is O=CC1CC1(c1cccc(Br)c1)C1CC1. The number of hydrogen-bond donors (Lipinski definition) is 0. The third-order valence-electron chi connectivity index (χ3n) is 3.89. The fraction of sp³-hybridized carbons (Fsp3) is 0.462. The molecule has 0 spiro atoms. The average molecular weight is 265 g/mol. The van der Waals surface area contributed by atoms with Crippen LogP contribution in [0.4, 0.5) is 0 Å². The molecule has 0 radical (unpaired) electrons. The van der Waals surface area contributed by atoms with Gasteiger partial charge in [-0.25, -0.2) is 0 Å². The molecule has 78 valence electrons. The van der Waals surface area contributed by atoms with Gasteiger partial charge in [0.1, 0.15) is 6.29 Å². The first-order valence-electron chi connectivity index (χ1n) is 5.49. The fourth-order valence-corrected chi connectivity index (χ4v) is 3.29. The molecule has 2 fully saturated rings. The number of halogens is 1. The van der Waals surface area contributed by atoms with Crippen LogP contribution in [0.3, 0.4) is 0 Å². The van der Waals surface area contributed by atoms with Gasteiger partial charge in [-0.3, -0.25) is 0 Å². The molecule has 0 bridgehead atoms. The predicted molar refractivity (Wildman–Crippen MR) is 62.7 cm³/mol. The molecular formula is C13H13BrO. The third kappa shape index (κ3) is 1.38. The Morgan fingerprint density at radius 3 is 2.73 bits per heavy atom. The summed E-state index contributed by atoms with van der Waals surface area (Å²) in [7, 11) is 0. The molecule has 2 aliphatic carbocycles. The summed E-state index contributed by atoms with van der Waals surface area (Å²) in [5, 5.41) is 0. The number of hydrogen-bond acceptors (Lipinski definition) is 1. The summed E-state index contributed by atoms with van der Waals surface area (Å²) >= 11 is 3.51. The molecule has 1 aromatic carbocycles. The Morgan fingerprint density at radius 2 is 2.20 bits per heavy atom. The highest BCUT2D eigenvalue weighted by Crippen LogP contribution is 2.65. The van der Waals surface area contributed by atoms with E-state index in [4.69, 9.17) is 0 Å². The Labute approximate surface area is 98.0 Å². The average Bonchev–Trinajstić information content (AvgIpc) is 3.11. The van der Waals surface area contributed by atoms with Gasteiger partial charge >= 0.3 is 0 Å². The van der Waals surface area contributed by atoms with Gasteiger partial charge in [0.25, 0.3) is 0 Å². The summed E-state index contributed by atoms with van der Waals surface area (Å²) in [6.45, 7) is 0. The van der Waals surface area contributed by atoms with E-state index in [1.54, 1.807) is 0 Å². The molecule has 0 aliphatic heterocycles. The molecule has 2 unspecified atom stereocenters. The second-order valence-corrected chi connectivity index (χ2v) is 5.69. The normalized spacial score (nSPS) is 33.8. The van der Waals surface area contributed by atoms with Crippen molar-refractivity contribution in [3.05, 3.63) is 34.3 Å². The van der Waals surface area contributed by atoms with Crippen LogP contribution in [0.5, 0.6) is 0 Å². The first-order chi connectivity index (χ1) is 7.27. The zero-order valence-electron chi connectivity index (χ0n) is 8.45. The number of rotatable bonds is 3. The first-order valence-corrected chi connectivity index (χ1v) is 6.28. The Balaban J connectivity index is 2.00. The number of carbonyl (C=O) groups is 1. The maximum Gasteiger partial charge on any atom is 0.124 e. The van der Waals surface area contributed by atoms with Crippen molar-refractivity contribution >= 4 is 22.2 Å². The van der Waals surface area contributed by atoms with E-state index < -0.39 is 0 Å². The monoisotopic (exact) mass is 264 g/mol. The highest BCUT2D eigenvalue weighted by molar-refractivity contribution is 9.10. The van der Waals surface area contributed by atoms with Crippen LogP contribution in [-0.2, 0) is 10.2 Å². The van der Waals surface area contributed by atoms with Gasteiger partial charge < -0.3 is 4.79 Å². The standard InChI is InChI=1S/C13H13BrO/c14-12-3-1-2-10(6-12)13(9-4-5-9)7-11(13)8-15/h1-3,6,8-9,11H,4-5,7H2. The quantitative estimate of drug-likeness (QED) is 0.766. The zero-order valence-corrected chi connectivity index (χ0v) is 10.0. The van der Waals surface area contributed by atoms with E-state index in [0.717, 1.165) is 23.1 Å². The van der Waals surface area contributed by atoms with Gasteiger partial charge in [0, 0.05) is 15.8 Å². The molecule has 2 atom stereocenters. The van der Waals surface area contributed by atoms with E-state index in [-0.39, 0.29) is 11.3 Å². The molecule has 2 heteroatoms. The highest BCUT2D eigenvalue weighted by Gasteiger charge is 2.62. The Morgan fingerprint density at radius 1 is 1.40 bits per heavy atom. The molecule has 0 amide bonds. The lowest BCUT2D eigenvalue weighted by atomic mass is 9.88. The van der Waals surface area contributed by atoms with Crippen LogP contribution in [0, 0.1) is 11.8 Å². The van der Waals surface area contributed by atoms with Gasteiger partial charge in [0.15, 0.2) is 0 Å². The second-order valence-electron chi connectivity index (χ2n) is 4.77. The van der Waals surface area contributed by atoms with Crippen molar-refractivity contribution in [1.82, 2.24) is 0 Å². The molecule has 15 heavy (non-hydrogen) atoms. The van der Waals surface area contributed by atoms with E-state index in [0.29, 0.717) is 0 Å². The lowest BCUT2D eigenvalue weighted by Crippen LogP contribution is -2.13. The number of benzene rings is 1. The van der Waals surface area contributed by atoms with Gasteiger partial charge in [-0.1, -0.05) is 28.1 Å². The maximum atomic E-state index is 11.0. The van der Waals surface area contributed by atoms with Crippen LogP contribution in [0.25, 0.3) is 0 Å². The predicted octanol–water partition coefficient (Wildman–Crippen LogP) is 3.32. The largest absolute Gasteiger partial charge is 0.303 e. The van der Waals surface area contributed by atoms with Gasteiger partial charge in [-0.15, -0.1) is 0 Å². The number of aldehydes is 1. The zero-order chi connectivity index (χ0) is 10.5. The fourth-order valence-electron chi connectivity index (χ4n) is 2.89. The van der Waals surface area contributed by atoms with Crippen molar-refractivity contribution in [2.45, 2.75) is 24.7 Å². The van der Waals surface area contributed by atoms with Crippen LogP contribution in [0.2, 0.25) is 0 Å². The minimum atomic E-state index is 0.214. The summed E-state index contributed by atoms with van der Waals surface area (Å²) in [4.78, 5) is 11.0. The molecule has 1 nitrogen and oxygen atoms in total. The Hall–Kier alpha value is -0.630. The molecule has 3 rings (SSSR count). The summed E-state index contributed by atoms with van der Waals surface area (Å²) in [5.74, 6) is 1.04. The van der Waals surface area contributed by atoms with Crippen LogP contribution < -0.4 is 0 Å². The Bertz CT molecular complexity index is 411. The molecule has 2 aliphatic rings. The van der Waals surface area contributed by atoms with E-state index in [2.05, 4.69) is 34.1 Å². The van der Waals surface area contributed by atoms with E-state index in [1.165, 1.54) is 18.4 Å². The van der Waals surface area contributed by atoms with Crippen molar-refractivity contribution in [2.75, 3.05) is 0 Å². The van der Waals surface area contributed by atoms with Gasteiger partial charge in [0.2, 0.25) is 0 Å². The Kier molecular flexibility index (Phi) is 2.03. The van der Waals surface area contributed by atoms with Crippen molar-refractivity contribution in [2.24, 2.45) is 11.8 Å². The van der Waals surface area contributed by atoms with Crippen molar-refractivity contribution < 1.29 is 4.79 Å². The summed E-state index contributed by atoms with van der Waals surface area (Å²) < 4.78 is 1.12. The maximum absolute atomic E-state index is 11.0. The summed E-state index contributed by atoms with van der Waals surface area (Å²) in [6.07, 6.45) is 4.82. The summed E-state index contributed by atoms with van der Waals surface area (Å²) in [5.41, 5.74) is 1.57. The first kappa shape index (κ1) is 9.59. The van der Waals surface area contributed by atoms with Crippen LogP contribution in [0.1, 0.15) is 24.8 Å². The van der Waals surface area contributed by atoms with Crippen molar-refractivity contribution in [3.63, 3.8) is 0 Å². The lowest BCUT2D eigenvalue weighted by Gasteiger charge is -2.16. The molecular weight excluding hydrogens is 252 g/mol. The highest BCUT2D eigenvalue weighted by atomic mass is 79.9. The lowest BCUT2D eigenvalue weighted by molar-refractivity contribution is -0.109. The third-order valence-corrected chi connectivity index (χ3v) is 4.38. The number of carbonyl (C=O) groups excluding carboxylic acids is 1. The van der Waals surface area contributed by atoms with Crippen LogP contribution in [-0.4, -0.2) is 6.29 Å².